The number of anilines is 1. The van der Waals surface area contributed by atoms with E-state index >= 15 is 0 Å². The molecule has 2 aliphatic heterocycles. The lowest BCUT2D eigenvalue weighted by atomic mass is 9.84. The molecule has 0 aliphatic carbocycles. The molecule has 4 rings (SSSR count). The van der Waals surface area contributed by atoms with Crippen molar-refractivity contribution in [1.29, 1.82) is 5.26 Å². The highest BCUT2D eigenvalue weighted by Gasteiger charge is 2.45. The van der Waals surface area contributed by atoms with Crippen molar-refractivity contribution in [3.8, 4) is 11.8 Å². The average molecular weight is 426 g/mol. The Labute approximate surface area is 182 Å². The summed E-state index contributed by atoms with van der Waals surface area (Å²) in [5, 5.41) is 20.8. The molecule has 31 heavy (non-hydrogen) atoms. The van der Waals surface area contributed by atoms with Gasteiger partial charge in [-0.1, -0.05) is 0 Å². The Kier molecular flexibility index (Phi) is 6.15. The van der Waals surface area contributed by atoms with Crippen LogP contribution in [0.1, 0.15) is 31.0 Å². The van der Waals surface area contributed by atoms with Crippen LogP contribution in [0, 0.1) is 17.1 Å². The largest absolute Gasteiger partial charge is 0.485 e. The highest BCUT2D eigenvalue weighted by atomic mass is 19.1. The lowest BCUT2D eigenvalue weighted by molar-refractivity contribution is -0.0591. The number of rotatable bonds is 5. The van der Waals surface area contributed by atoms with Crippen molar-refractivity contribution in [2.24, 2.45) is 0 Å². The molecular weight excluding hydrogens is 397 g/mol. The molecule has 1 fully saturated rings. The highest BCUT2D eigenvalue weighted by molar-refractivity contribution is 5.55. The Morgan fingerprint density at radius 2 is 1.90 bits per heavy atom. The van der Waals surface area contributed by atoms with E-state index in [0.717, 1.165) is 30.9 Å². The summed E-state index contributed by atoms with van der Waals surface area (Å²) in [6.07, 6.45) is -0.858. The number of fused-ring (bicyclic) bond motifs is 1. The Hall–Kier alpha value is -2.66. The maximum atomic E-state index is 13.7. The summed E-state index contributed by atoms with van der Waals surface area (Å²) in [6, 6.07) is 13.4. The number of hydrogen-bond donors (Lipinski definition) is 1. The second-order valence-corrected chi connectivity index (χ2v) is 8.58. The first kappa shape index (κ1) is 21.6. The highest BCUT2D eigenvalue weighted by Crippen LogP contribution is 2.44. The van der Waals surface area contributed by atoms with Gasteiger partial charge >= 0.3 is 0 Å². The maximum Gasteiger partial charge on any atom is 0.132 e. The smallest absolute Gasteiger partial charge is 0.132 e. The molecule has 0 radical (unpaired) electrons. The minimum atomic E-state index is -0.858. The van der Waals surface area contributed by atoms with Gasteiger partial charge in [0.1, 0.15) is 23.3 Å². The minimum Gasteiger partial charge on any atom is -0.485 e. The van der Waals surface area contributed by atoms with Crippen LogP contribution >= 0.6 is 0 Å². The number of ether oxygens (including phenoxy) is 2. The minimum absolute atomic E-state index is 0.308. The zero-order valence-electron chi connectivity index (χ0n) is 17.9. The number of aliphatic hydroxyl groups excluding tert-OH is 1. The van der Waals surface area contributed by atoms with Crippen molar-refractivity contribution in [1.82, 2.24) is 4.90 Å². The van der Waals surface area contributed by atoms with Crippen LogP contribution in [0.25, 0.3) is 0 Å². The van der Waals surface area contributed by atoms with Crippen LogP contribution in [0.3, 0.4) is 0 Å². The summed E-state index contributed by atoms with van der Waals surface area (Å²) in [6.45, 7) is 8.24. The first-order valence-corrected chi connectivity index (χ1v) is 10.6. The third-order valence-electron chi connectivity index (χ3n) is 6.10. The summed E-state index contributed by atoms with van der Waals surface area (Å²) in [5.74, 6) is 0.342. The lowest BCUT2D eigenvalue weighted by Crippen LogP contribution is -2.55. The molecule has 2 aromatic carbocycles. The first-order chi connectivity index (χ1) is 14.9. The number of hydrogen-bond acceptors (Lipinski definition) is 6. The van der Waals surface area contributed by atoms with Crippen LogP contribution in [0.2, 0.25) is 0 Å². The fourth-order valence-electron chi connectivity index (χ4n) is 4.31. The van der Waals surface area contributed by atoms with Gasteiger partial charge < -0.3 is 19.5 Å². The third kappa shape index (κ3) is 4.52. The molecule has 1 N–H and O–H groups in total. The molecule has 2 aromatic rings. The van der Waals surface area contributed by atoms with Crippen LogP contribution in [-0.4, -0.2) is 61.1 Å². The molecule has 2 atom stereocenters. The SMILES string of the molecule is CC1(C)Oc2ccc(C#N)cc2[C@H](N(CCN2CCOCC2)c2ccc(F)cc2)[C@H]1O. The van der Waals surface area contributed by atoms with Gasteiger partial charge in [-0.15, -0.1) is 0 Å². The van der Waals surface area contributed by atoms with Crippen LogP contribution in [0.5, 0.6) is 5.75 Å². The summed E-state index contributed by atoms with van der Waals surface area (Å²) < 4.78 is 25.2. The van der Waals surface area contributed by atoms with Crippen molar-refractivity contribution >= 4 is 5.69 Å². The van der Waals surface area contributed by atoms with Crippen molar-refractivity contribution in [3.63, 3.8) is 0 Å². The molecule has 0 unspecified atom stereocenters. The van der Waals surface area contributed by atoms with E-state index in [1.165, 1.54) is 12.1 Å². The second kappa shape index (κ2) is 8.83. The lowest BCUT2D eigenvalue weighted by Gasteiger charge is -2.47. The standard InChI is InChI=1S/C24H28FN3O3/c1-24(2)23(29)22(20-15-17(16-26)3-8-21(20)31-24)28(19-6-4-18(25)5-7-19)10-9-27-11-13-30-14-12-27/h3-8,15,22-23,29H,9-14H2,1-2H3/t22-,23+/m0/s1. The number of aliphatic hydroxyl groups is 1. The van der Waals surface area contributed by atoms with Gasteiger partial charge in [0.05, 0.1) is 30.9 Å². The quantitative estimate of drug-likeness (QED) is 0.794. The number of morpholine rings is 1. The molecule has 0 aromatic heterocycles. The van der Waals surface area contributed by atoms with E-state index in [1.54, 1.807) is 30.3 Å². The van der Waals surface area contributed by atoms with E-state index in [2.05, 4.69) is 15.9 Å². The fraction of sp³-hybridized carbons (Fsp3) is 0.458. The van der Waals surface area contributed by atoms with Crippen LogP contribution in [0.4, 0.5) is 10.1 Å². The molecule has 0 amide bonds. The Morgan fingerprint density at radius 1 is 1.19 bits per heavy atom. The van der Waals surface area contributed by atoms with Gasteiger partial charge in [-0.05, 0) is 56.3 Å². The van der Waals surface area contributed by atoms with Gasteiger partial charge in [0.25, 0.3) is 0 Å². The monoisotopic (exact) mass is 425 g/mol. The molecule has 2 heterocycles. The summed E-state index contributed by atoms with van der Waals surface area (Å²) in [7, 11) is 0. The first-order valence-electron chi connectivity index (χ1n) is 10.6. The molecule has 1 saturated heterocycles. The van der Waals surface area contributed by atoms with Crippen molar-refractivity contribution in [2.75, 3.05) is 44.3 Å². The number of halogens is 1. The van der Waals surface area contributed by atoms with E-state index in [9.17, 15) is 14.8 Å². The van der Waals surface area contributed by atoms with Gasteiger partial charge in [0.2, 0.25) is 0 Å². The van der Waals surface area contributed by atoms with Gasteiger partial charge in [-0.3, -0.25) is 4.90 Å². The molecule has 2 aliphatic rings. The van der Waals surface area contributed by atoms with E-state index in [-0.39, 0.29) is 5.82 Å². The number of benzene rings is 2. The summed E-state index contributed by atoms with van der Waals surface area (Å²) >= 11 is 0. The molecule has 0 spiro atoms. The molecule has 0 bridgehead atoms. The third-order valence-corrected chi connectivity index (χ3v) is 6.10. The topological polar surface area (TPSA) is 69.0 Å². The number of nitrogens with zero attached hydrogens (tertiary/aromatic N) is 3. The van der Waals surface area contributed by atoms with Gasteiger partial charge in [-0.2, -0.15) is 5.26 Å². The molecule has 0 saturated carbocycles. The van der Waals surface area contributed by atoms with Crippen LogP contribution < -0.4 is 9.64 Å². The van der Waals surface area contributed by atoms with Crippen LogP contribution in [-0.2, 0) is 4.74 Å². The van der Waals surface area contributed by atoms with Crippen LogP contribution in [0.15, 0.2) is 42.5 Å². The van der Waals surface area contributed by atoms with E-state index in [0.29, 0.717) is 31.1 Å². The van der Waals surface area contributed by atoms with E-state index in [4.69, 9.17) is 9.47 Å². The summed E-state index contributed by atoms with van der Waals surface area (Å²) in [4.78, 5) is 4.42. The van der Waals surface area contributed by atoms with Crippen molar-refractivity contribution < 1.29 is 19.0 Å². The molecular formula is C24H28FN3O3. The van der Waals surface area contributed by atoms with Gasteiger partial charge in [0.15, 0.2) is 0 Å². The number of nitriles is 1. The Balaban J connectivity index is 1.74. The predicted octanol–water partition coefficient (Wildman–Crippen LogP) is 3.11. The molecule has 7 heteroatoms. The zero-order chi connectivity index (χ0) is 22.0. The summed E-state index contributed by atoms with van der Waals surface area (Å²) in [5.41, 5.74) is 1.25. The average Bonchev–Trinajstić information content (AvgIpc) is 2.77. The maximum absolute atomic E-state index is 13.7. The Bertz CT molecular complexity index is 952. The van der Waals surface area contributed by atoms with E-state index < -0.39 is 17.7 Å². The fourth-order valence-corrected chi connectivity index (χ4v) is 4.31. The van der Waals surface area contributed by atoms with Gasteiger partial charge in [0, 0.05) is 37.4 Å². The van der Waals surface area contributed by atoms with Crippen molar-refractivity contribution in [3.05, 3.63) is 59.4 Å². The second-order valence-electron chi connectivity index (χ2n) is 8.58. The zero-order valence-corrected chi connectivity index (χ0v) is 17.9. The van der Waals surface area contributed by atoms with Gasteiger partial charge in [-0.25, -0.2) is 4.39 Å². The van der Waals surface area contributed by atoms with Crippen molar-refractivity contribution in [2.45, 2.75) is 31.6 Å². The Morgan fingerprint density at radius 3 is 2.58 bits per heavy atom. The molecule has 6 nitrogen and oxygen atoms in total. The normalized spacial score (nSPS) is 22.8. The van der Waals surface area contributed by atoms with E-state index in [1.807, 2.05) is 13.8 Å². The molecule has 164 valence electrons. The predicted molar refractivity (Wildman–Crippen MR) is 116 cm³/mol.